The number of oxazole rings is 1. The molecule has 126 valence electrons. The van der Waals surface area contributed by atoms with Gasteiger partial charge in [0.1, 0.15) is 11.9 Å². The van der Waals surface area contributed by atoms with Gasteiger partial charge in [0, 0.05) is 12.6 Å². The first-order valence-corrected chi connectivity index (χ1v) is 8.58. The highest BCUT2D eigenvalue weighted by Crippen LogP contribution is 2.30. The van der Waals surface area contributed by atoms with Gasteiger partial charge in [-0.15, -0.1) is 0 Å². The summed E-state index contributed by atoms with van der Waals surface area (Å²) in [5.74, 6) is -0.621. The molecule has 0 atom stereocenters. The van der Waals surface area contributed by atoms with Gasteiger partial charge in [-0.25, -0.2) is 17.1 Å². The van der Waals surface area contributed by atoms with E-state index in [2.05, 4.69) is 4.98 Å². The van der Waals surface area contributed by atoms with Crippen molar-refractivity contribution in [3.05, 3.63) is 66.1 Å². The molecule has 0 unspecified atom stereocenters. The van der Waals surface area contributed by atoms with Gasteiger partial charge in [0.2, 0.25) is 17.5 Å². The molecule has 0 radical (unpaired) electrons. The first-order valence-electron chi connectivity index (χ1n) is 7.14. The lowest BCUT2D eigenvalue weighted by Crippen LogP contribution is -2.26. The average molecular weight is 357 g/mol. The van der Waals surface area contributed by atoms with Crippen molar-refractivity contribution in [2.24, 2.45) is 0 Å². The van der Waals surface area contributed by atoms with Crippen molar-refractivity contribution in [2.75, 3.05) is 11.4 Å². The maximum Gasteiger partial charge on any atom is 0.266 e. The van der Waals surface area contributed by atoms with Crippen LogP contribution in [0.4, 0.5) is 10.3 Å². The fourth-order valence-electron chi connectivity index (χ4n) is 2.18. The minimum atomic E-state index is -4.03. The number of anilines is 1. The Balaban J connectivity index is 2.05. The van der Waals surface area contributed by atoms with E-state index in [0.717, 1.165) is 28.6 Å². The van der Waals surface area contributed by atoms with Crippen LogP contribution in [-0.2, 0) is 10.0 Å². The van der Waals surface area contributed by atoms with Crippen LogP contribution in [0, 0.1) is 17.1 Å². The Morgan fingerprint density at radius 1 is 1.12 bits per heavy atom. The lowest BCUT2D eigenvalue weighted by molar-refractivity contribution is 0.563. The summed E-state index contributed by atoms with van der Waals surface area (Å²) in [7, 11) is -2.78. The molecule has 1 aromatic heterocycles. The van der Waals surface area contributed by atoms with E-state index in [0.29, 0.717) is 5.56 Å². The van der Waals surface area contributed by atoms with Crippen LogP contribution in [0.15, 0.2) is 63.9 Å². The van der Waals surface area contributed by atoms with Gasteiger partial charge in [0.25, 0.3) is 10.0 Å². The monoisotopic (exact) mass is 357 g/mol. The molecule has 3 aromatic rings. The van der Waals surface area contributed by atoms with Crippen molar-refractivity contribution < 1.29 is 17.2 Å². The fourth-order valence-corrected chi connectivity index (χ4v) is 3.31. The van der Waals surface area contributed by atoms with Crippen molar-refractivity contribution in [2.45, 2.75) is 4.90 Å². The molecule has 1 heterocycles. The third kappa shape index (κ3) is 3.09. The molecule has 6 nitrogen and oxygen atoms in total. The highest BCUT2D eigenvalue weighted by molar-refractivity contribution is 7.92. The summed E-state index contributed by atoms with van der Waals surface area (Å²) >= 11 is 0. The summed E-state index contributed by atoms with van der Waals surface area (Å²) in [6, 6.07) is 15.0. The highest BCUT2D eigenvalue weighted by atomic mass is 32.2. The van der Waals surface area contributed by atoms with E-state index >= 15 is 0 Å². The molecule has 2 aromatic carbocycles. The second-order valence-electron chi connectivity index (χ2n) is 5.08. The van der Waals surface area contributed by atoms with Crippen LogP contribution < -0.4 is 4.31 Å². The Kier molecular flexibility index (Phi) is 4.25. The van der Waals surface area contributed by atoms with E-state index in [1.807, 2.05) is 12.1 Å². The van der Waals surface area contributed by atoms with Gasteiger partial charge < -0.3 is 4.42 Å². The van der Waals surface area contributed by atoms with Crippen molar-refractivity contribution in [3.8, 4) is 17.5 Å². The number of aromatic nitrogens is 1. The molecule has 0 aliphatic carbocycles. The topological polar surface area (TPSA) is 87.2 Å². The van der Waals surface area contributed by atoms with Crippen LogP contribution in [-0.4, -0.2) is 20.4 Å². The fraction of sp³-hybridized carbons (Fsp3) is 0.0588. The number of benzene rings is 2. The first-order chi connectivity index (χ1) is 11.9. The molecule has 8 heteroatoms. The summed E-state index contributed by atoms with van der Waals surface area (Å²) in [4.78, 5) is 3.92. The maximum absolute atomic E-state index is 13.0. The molecule has 0 saturated carbocycles. The van der Waals surface area contributed by atoms with Gasteiger partial charge in [-0.05, 0) is 36.4 Å². The van der Waals surface area contributed by atoms with Crippen LogP contribution in [0.5, 0.6) is 0 Å². The Bertz CT molecular complexity index is 1040. The number of nitrogens with zero attached hydrogens (tertiary/aromatic N) is 3. The molecule has 0 saturated heterocycles. The smallest absolute Gasteiger partial charge is 0.266 e. The molecule has 3 rings (SSSR count). The Hall–Kier alpha value is -3.18. The van der Waals surface area contributed by atoms with E-state index in [1.165, 1.54) is 7.05 Å². The molecule has 0 N–H and O–H groups in total. The standard InChI is InChI=1S/C17H12FN3O3S/c1-21(25(22,23)14-9-7-13(18)8-10-14)17-15(11-19)20-16(24-17)12-5-3-2-4-6-12/h2-10H,1H3. The lowest BCUT2D eigenvalue weighted by atomic mass is 10.2. The zero-order valence-electron chi connectivity index (χ0n) is 13.0. The predicted molar refractivity (Wildman–Crippen MR) is 88.6 cm³/mol. The first kappa shape index (κ1) is 16.7. The number of nitriles is 1. The van der Waals surface area contributed by atoms with E-state index in [4.69, 9.17) is 4.42 Å². The summed E-state index contributed by atoms with van der Waals surface area (Å²) in [5, 5.41) is 9.26. The zero-order chi connectivity index (χ0) is 18.0. The van der Waals surface area contributed by atoms with E-state index in [1.54, 1.807) is 24.3 Å². The Labute approximate surface area is 143 Å². The normalized spacial score (nSPS) is 11.1. The largest absolute Gasteiger partial charge is 0.418 e. The molecule has 25 heavy (non-hydrogen) atoms. The van der Waals surface area contributed by atoms with E-state index in [-0.39, 0.29) is 22.4 Å². The van der Waals surface area contributed by atoms with Crippen molar-refractivity contribution in [1.29, 1.82) is 5.26 Å². The molecular formula is C17H12FN3O3S. The lowest BCUT2D eigenvalue weighted by Gasteiger charge is -2.16. The van der Waals surface area contributed by atoms with E-state index in [9.17, 15) is 18.1 Å². The van der Waals surface area contributed by atoms with Crippen LogP contribution in [0.3, 0.4) is 0 Å². The quantitative estimate of drug-likeness (QED) is 0.716. The third-order valence-electron chi connectivity index (χ3n) is 3.49. The summed E-state index contributed by atoms with van der Waals surface area (Å²) in [5.41, 5.74) is 0.449. The molecule has 0 aliphatic heterocycles. The minimum absolute atomic E-state index is 0.127. The summed E-state index contributed by atoms with van der Waals surface area (Å²) < 4.78 is 44.7. The Morgan fingerprint density at radius 2 is 1.76 bits per heavy atom. The number of halogens is 1. The summed E-state index contributed by atoms with van der Waals surface area (Å²) in [6.45, 7) is 0. The van der Waals surface area contributed by atoms with Gasteiger partial charge in [-0.2, -0.15) is 10.2 Å². The van der Waals surface area contributed by atoms with Gasteiger partial charge >= 0.3 is 0 Å². The number of sulfonamides is 1. The highest BCUT2D eigenvalue weighted by Gasteiger charge is 2.28. The molecule has 0 bridgehead atoms. The molecule has 0 spiro atoms. The van der Waals surface area contributed by atoms with Crippen LogP contribution in [0.1, 0.15) is 5.69 Å². The number of hydrogen-bond acceptors (Lipinski definition) is 5. The van der Waals surface area contributed by atoms with Crippen LogP contribution in [0.2, 0.25) is 0 Å². The average Bonchev–Trinajstić information content (AvgIpc) is 3.06. The van der Waals surface area contributed by atoms with Gasteiger partial charge in [-0.1, -0.05) is 18.2 Å². The van der Waals surface area contributed by atoms with Gasteiger partial charge in [0.05, 0.1) is 4.90 Å². The van der Waals surface area contributed by atoms with Crippen LogP contribution in [0.25, 0.3) is 11.5 Å². The summed E-state index contributed by atoms with van der Waals surface area (Å²) in [6.07, 6.45) is 0. The SMILES string of the molecule is CN(c1oc(-c2ccccc2)nc1C#N)S(=O)(=O)c1ccc(F)cc1. The Morgan fingerprint density at radius 3 is 2.36 bits per heavy atom. The van der Waals surface area contributed by atoms with E-state index < -0.39 is 15.8 Å². The predicted octanol–water partition coefficient (Wildman–Crippen LogP) is 3.18. The van der Waals surface area contributed by atoms with Crippen LogP contribution >= 0.6 is 0 Å². The van der Waals surface area contributed by atoms with Crippen molar-refractivity contribution in [1.82, 2.24) is 4.98 Å². The molecular weight excluding hydrogens is 345 g/mol. The molecule has 0 aliphatic rings. The second kappa shape index (κ2) is 6.37. The molecule has 0 fully saturated rings. The minimum Gasteiger partial charge on any atom is -0.418 e. The zero-order valence-corrected chi connectivity index (χ0v) is 13.9. The third-order valence-corrected chi connectivity index (χ3v) is 5.25. The maximum atomic E-state index is 13.0. The number of hydrogen-bond donors (Lipinski definition) is 0. The van der Waals surface area contributed by atoms with Gasteiger partial charge in [0.15, 0.2) is 0 Å². The molecule has 0 amide bonds. The van der Waals surface area contributed by atoms with Gasteiger partial charge in [-0.3, -0.25) is 0 Å². The number of rotatable bonds is 4. The van der Waals surface area contributed by atoms with Crippen molar-refractivity contribution >= 4 is 15.9 Å². The van der Waals surface area contributed by atoms with Crippen molar-refractivity contribution in [3.63, 3.8) is 0 Å². The second-order valence-corrected chi connectivity index (χ2v) is 7.05.